The van der Waals surface area contributed by atoms with Crippen molar-refractivity contribution in [3.8, 4) is 11.5 Å². The number of fused-ring (bicyclic) bond motifs is 1. The quantitative estimate of drug-likeness (QED) is 0.288. The van der Waals surface area contributed by atoms with Crippen molar-refractivity contribution in [1.82, 2.24) is 14.6 Å². The summed E-state index contributed by atoms with van der Waals surface area (Å²) in [6.45, 7) is 5.56. The predicted molar refractivity (Wildman–Crippen MR) is 165 cm³/mol. The van der Waals surface area contributed by atoms with E-state index in [1.54, 1.807) is 24.4 Å². The van der Waals surface area contributed by atoms with Gasteiger partial charge in [0.2, 0.25) is 16.8 Å². The molecule has 0 aliphatic carbocycles. The zero-order valence-corrected chi connectivity index (χ0v) is 26.3. The monoisotopic (exact) mass is 638 g/mol. The predicted octanol–water partition coefficient (Wildman–Crippen LogP) is 3.27. The van der Waals surface area contributed by atoms with E-state index in [0.29, 0.717) is 23.7 Å². The number of sulfonamides is 1. The molecule has 1 fully saturated rings. The summed E-state index contributed by atoms with van der Waals surface area (Å²) in [4.78, 5) is 31.6. The second kappa shape index (κ2) is 13.8. The summed E-state index contributed by atoms with van der Waals surface area (Å²) in [7, 11) is -4.08. The molecule has 0 saturated carbocycles. The molecular weight excluding hydrogens is 600 g/mol. The van der Waals surface area contributed by atoms with Crippen molar-refractivity contribution >= 4 is 27.8 Å². The number of carbonyl (C=O) groups excluding carboxylic acids is 2. The Labute approximate surface area is 263 Å². The Kier molecular flexibility index (Phi) is 9.90. The van der Waals surface area contributed by atoms with Crippen molar-refractivity contribution in [2.45, 2.75) is 56.8 Å². The molecule has 240 valence electrons. The first-order valence-electron chi connectivity index (χ1n) is 14.9. The van der Waals surface area contributed by atoms with Crippen molar-refractivity contribution in [3.63, 3.8) is 0 Å². The summed E-state index contributed by atoms with van der Waals surface area (Å²) in [6.07, 6.45) is -0.679. The number of amides is 2. The lowest BCUT2D eigenvalue weighted by Gasteiger charge is -2.31. The van der Waals surface area contributed by atoms with Crippen LogP contribution in [0.4, 0.5) is 10.6 Å². The first-order chi connectivity index (χ1) is 21.5. The smallest absolute Gasteiger partial charge is 0.416 e. The topological polar surface area (TPSA) is 148 Å². The van der Waals surface area contributed by atoms with Crippen molar-refractivity contribution in [1.29, 1.82) is 0 Å². The molecule has 2 aliphatic heterocycles. The van der Waals surface area contributed by atoms with Crippen molar-refractivity contribution < 1.29 is 37.3 Å². The zero-order chi connectivity index (χ0) is 32.1. The molecule has 2 aliphatic rings. The van der Waals surface area contributed by atoms with E-state index in [4.69, 9.17) is 14.2 Å². The zero-order valence-electron chi connectivity index (χ0n) is 25.5. The average molecular weight is 639 g/mol. The van der Waals surface area contributed by atoms with E-state index < -0.39 is 40.3 Å². The van der Waals surface area contributed by atoms with Crippen LogP contribution in [0.3, 0.4) is 0 Å². The molecule has 2 aromatic carbocycles. The SMILES string of the molecule is CC[C@H](C)CN(C[C@@H](O)C(Cc1ccccc1)NC(=O)[C@@H]1CN(c2cc(C)ccn2)C(=O)O1)S(=O)(=O)c1ccc2c(c1)OCO2. The molecule has 45 heavy (non-hydrogen) atoms. The molecule has 1 saturated heterocycles. The molecule has 13 heteroatoms. The highest BCUT2D eigenvalue weighted by molar-refractivity contribution is 7.89. The van der Waals surface area contributed by atoms with E-state index in [1.165, 1.54) is 21.3 Å². The van der Waals surface area contributed by atoms with Crippen LogP contribution in [-0.4, -0.2) is 79.5 Å². The Morgan fingerprint density at radius 2 is 1.87 bits per heavy atom. The molecule has 0 bridgehead atoms. The number of aryl methyl sites for hydroxylation is 1. The van der Waals surface area contributed by atoms with Gasteiger partial charge in [-0.15, -0.1) is 0 Å². The number of cyclic esters (lactones) is 1. The molecule has 0 spiro atoms. The van der Waals surface area contributed by atoms with Gasteiger partial charge < -0.3 is 24.6 Å². The fourth-order valence-corrected chi connectivity index (χ4v) is 6.74. The Balaban J connectivity index is 1.37. The third-order valence-corrected chi connectivity index (χ3v) is 9.78. The van der Waals surface area contributed by atoms with Crippen LogP contribution < -0.4 is 19.7 Å². The number of hydrogen-bond donors (Lipinski definition) is 2. The number of anilines is 1. The molecule has 2 amide bonds. The number of benzene rings is 2. The van der Waals surface area contributed by atoms with Gasteiger partial charge in [-0.25, -0.2) is 18.2 Å². The van der Waals surface area contributed by atoms with Gasteiger partial charge in [-0.3, -0.25) is 9.69 Å². The number of pyridine rings is 1. The molecule has 1 aromatic heterocycles. The van der Waals surface area contributed by atoms with E-state index >= 15 is 0 Å². The average Bonchev–Trinajstić information content (AvgIpc) is 3.67. The van der Waals surface area contributed by atoms with Crippen LogP contribution in [0.25, 0.3) is 0 Å². The minimum atomic E-state index is -4.08. The number of ether oxygens (including phenoxy) is 3. The van der Waals surface area contributed by atoms with Gasteiger partial charge in [0.25, 0.3) is 5.91 Å². The van der Waals surface area contributed by atoms with Gasteiger partial charge in [0.15, 0.2) is 17.6 Å². The lowest BCUT2D eigenvalue weighted by Crippen LogP contribution is -2.53. The number of rotatable bonds is 13. The van der Waals surface area contributed by atoms with Crippen LogP contribution in [0.2, 0.25) is 0 Å². The molecule has 3 heterocycles. The largest absolute Gasteiger partial charge is 0.454 e. The molecule has 0 radical (unpaired) electrons. The maximum atomic E-state index is 13.9. The van der Waals surface area contributed by atoms with Gasteiger partial charge in [0.05, 0.1) is 23.6 Å². The highest BCUT2D eigenvalue weighted by atomic mass is 32.2. The molecule has 4 atom stereocenters. The van der Waals surface area contributed by atoms with Crippen LogP contribution in [0, 0.1) is 12.8 Å². The normalized spacial score (nSPS) is 18.0. The van der Waals surface area contributed by atoms with Crippen LogP contribution in [0.15, 0.2) is 71.8 Å². The number of nitrogens with one attached hydrogen (secondary N) is 1. The fourth-order valence-electron chi connectivity index (χ4n) is 5.15. The van der Waals surface area contributed by atoms with Crippen molar-refractivity contribution in [3.05, 3.63) is 78.0 Å². The van der Waals surface area contributed by atoms with Gasteiger partial charge in [-0.2, -0.15) is 4.31 Å². The number of aliphatic hydroxyl groups excluding tert-OH is 1. The van der Waals surface area contributed by atoms with Gasteiger partial charge in [-0.05, 0) is 54.7 Å². The molecule has 5 rings (SSSR count). The molecule has 2 N–H and O–H groups in total. The minimum Gasteiger partial charge on any atom is -0.454 e. The lowest BCUT2D eigenvalue weighted by molar-refractivity contribution is -0.129. The highest BCUT2D eigenvalue weighted by Gasteiger charge is 2.40. The second-order valence-corrected chi connectivity index (χ2v) is 13.3. The van der Waals surface area contributed by atoms with Crippen molar-refractivity contribution in [2.24, 2.45) is 5.92 Å². The summed E-state index contributed by atoms with van der Waals surface area (Å²) in [6, 6.07) is 16.3. The van der Waals surface area contributed by atoms with E-state index in [9.17, 15) is 23.1 Å². The summed E-state index contributed by atoms with van der Waals surface area (Å²) in [5, 5.41) is 14.4. The summed E-state index contributed by atoms with van der Waals surface area (Å²) < 4.78 is 45.2. The van der Waals surface area contributed by atoms with Gasteiger partial charge >= 0.3 is 6.09 Å². The summed E-state index contributed by atoms with van der Waals surface area (Å²) >= 11 is 0. The number of hydrogen-bond acceptors (Lipinski definition) is 9. The summed E-state index contributed by atoms with van der Waals surface area (Å²) in [5.74, 6) is 0.534. The Morgan fingerprint density at radius 1 is 1.11 bits per heavy atom. The van der Waals surface area contributed by atoms with Crippen LogP contribution in [-0.2, 0) is 26.0 Å². The minimum absolute atomic E-state index is 0.00453. The Morgan fingerprint density at radius 3 is 2.60 bits per heavy atom. The molecule has 12 nitrogen and oxygen atoms in total. The highest BCUT2D eigenvalue weighted by Crippen LogP contribution is 2.35. The Hall–Kier alpha value is -4.20. The molecule has 3 aromatic rings. The molecular formula is C32H38N4O8S. The van der Waals surface area contributed by atoms with E-state index in [2.05, 4.69) is 10.3 Å². The third-order valence-electron chi connectivity index (χ3n) is 7.96. The van der Waals surface area contributed by atoms with Gasteiger partial charge in [0, 0.05) is 25.4 Å². The van der Waals surface area contributed by atoms with E-state index in [1.807, 2.05) is 51.1 Å². The van der Waals surface area contributed by atoms with Crippen LogP contribution in [0.5, 0.6) is 11.5 Å². The standard InChI is InChI=1S/C32H38N4O8S/c1-4-21(2)17-35(45(40,41)24-10-11-27-28(16-24)43-20-42-27)18-26(37)25(15-23-8-6-5-7-9-23)34-31(38)29-19-36(32(39)44-29)30-14-22(3)12-13-33-30/h5-14,16,21,25-26,29,37H,4,15,17-20H2,1-3H3,(H,34,38)/t21-,25?,26+,29-/m0/s1. The second-order valence-electron chi connectivity index (χ2n) is 11.4. The number of carbonyl (C=O) groups is 2. The summed E-state index contributed by atoms with van der Waals surface area (Å²) in [5.41, 5.74) is 1.72. The fraction of sp³-hybridized carbons (Fsp3) is 0.406. The first kappa shape index (κ1) is 32.2. The third kappa shape index (κ3) is 7.55. The number of nitrogens with zero attached hydrogens (tertiary/aromatic N) is 3. The number of aliphatic hydroxyl groups is 1. The van der Waals surface area contributed by atoms with E-state index in [0.717, 1.165) is 11.1 Å². The van der Waals surface area contributed by atoms with Crippen LogP contribution >= 0.6 is 0 Å². The first-order valence-corrected chi connectivity index (χ1v) is 16.3. The molecule has 1 unspecified atom stereocenters. The lowest BCUT2D eigenvalue weighted by atomic mass is 10.0. The maximum absolute atomic E-state index is 13.9. The van der Waals surface area contributed by atoms with E-state index in [-0.39, 0.29) is 43.7 Å². The number of aromatic nitrogens is 1. The van der Waals surface area contributed by atoms with Gasteiger partial charge in [0.1, 0.15) is 5.82 Å². The van der Waals surface area contributed by atoms with Crippen LogP contribution in [0.1, 0.15) is 31.4 Å². The van der Waals surface area contributed by atoms with Gasteiger partial charge in [-0.1, -0.05) is 50.6 Å². The maximum Gasteiger partial charge on any atom is 0.416 e. The Bertz CT molecular complexity index is 1620. The van der Waals surface area contributed by atoms with Crippen molar-refractivity contribution in [2.75, 3.05) is 31.3 Å².